The second-order valence-corrected chi connectivity index (χ2v) is 4.14. The largest absolute Gasteiger partial charge is 0.378 e. The number of morpholine rings is 2. The maximum Gasteiger partial charge on any atom is 0.196 e. The fourth-order valence-electron chi connectivity index (χ4n) is 1.66. The number of thiocarbonyl (C=S) groups is 1. The lowest BCUT2D eigenvalue weighted by Crippen LogP contribution is -2.40. The Kier molecular flexibility index (Phi) is 4.50. The first-order valence-corrected chi connectivity index (χ1v) is 6.00. The van der Waals surface area contributed by atoms with Gasteiger partial charge in [-0.1, -0.05) is 0 Å². The van der Waals surface area contributed by atoms with Gasteiger partial charge in [-0.05, 0) is 12.2 Å². The van der Waals surface area contributed by atoms with Gasteiger partial charge < -0.3 is 19.3 Å². The average molecular weight is 243 g/mol. The molecule has 2 fully saturated rings. The zero-order valence-corrected chi connectivity index (χ0v) is 10.1. The van der Waals surface area contributed by atoms with E-state index in [1.165, 1.54) is 0 Å². The van der Waals surface area contributed by atoms with Crippen molar-refractivity contribution >= 4 is 23.7 Å². The molecule has 2 aliphatic rings. The molecular weight excluding hydrogens is 226 g/mol. The molecule has 0 aromatic heterocycles. The highest BCUT2D eigenvalue weighted by Crippen LogP contribution is 2.00. The summed E-state index contributed by atoms with van der Waals surface area (Å²) in [5.74, 6) is 0. The number of aliphatic imine (C=N–C) groups is 1. The van der Waals surface area contributed by atoms with Crippen LogP contribution in [-0.4, -0.2) is 73.9 Å². The van der Waals surface area contributed by atoms with Gasteiger partial charge in [0.05, 0.1) is 32.8 Å². The van der Waals surface area contributed by atoms with Crippen LogP contribution in [-0.2, 0) is 9.47 Å². The van der Waals surface area contributed by atoms with E-state index >= 15 is 0 Å². The number of rotatable bonds is 1. The number of ether oxygens (including phenoxy) is 2. The summed E-state index contributed by atoms with van der Waals surface area (Å²) in [7, 11) is 0. The Bertz CT molecular complexity index is 261. The second kappa shape index (κ2) is 6.12. The molecule has 0 aliphatic carbocycles. The molecule has 0 atom stereocenters. The minimum atomic E-state index is 0.662. The first-order valence-electron chi connectivity index (χ1n) is 5.59. The first kappa shape index (κ1) is 11.8. The molecule has 2 saturated heterocycles. The summed E-state index contributed by atoms with van der Waals surface area (Å²) >= 11 is 5.26. The number of hydrogen-bond acceptors (Lipinski definition) is 3. The van der Waals surface area contributed by atoms with Gasteiger partial charge in [-0.25, -0.2) is 4.99 Å². The lowest BCUT2D eigenvalue weighted by Gasteiger charge is -2.28. The van der Waals surface area contributed by atoms with Gasteiger partial charge in [-0.3, -0.25) is 0 Å². The molecule has 0 bridgehead atoms. The van der Waals surface area contributed by atoms with Gasteiger partial charge >= 0.3 is 0 Å². The van der Waals surface area contributed by atoms with Crippen LogP contribution in [0.5, 0.6) is 0 Å². The molecule has 6 heteroatoms. The Morgan fingerprint density at radius 3 is 2.19 bits per heavy atom. The van der Waals surface area contributed by atoms with E-state index in [9.17, 15) is 0 Å². The molecule has 2 aliphatic heterocycles. The lowest BCUT2D eigenvalue weighted by molar-refractivity contribution is 0.0677. The predicted octanol–water partition coefficient (Wildman–Crippen LogP) is -0.0360. The van der Waals surface area contributed by atoms with Gasteiger partial charge in [-0.15, -0.1) is 0 Å². The van der Waals surface area contributed by atoms with Gasteiger partial charge in [0.2, 0.25) is 0 Å². The van der Waals surface area contributed by atoms with Crippen LogP contribution in [0.15, 0.2) is 4.99 Å². The summed E-state index contributed by atoms with van der Waals surface area (Å²) in [5, 5.41) is 0.662. The number of hydrogen-bond donors (Lipinski definition) is 0. The SMILES string of the molecule is S=C(/N=C/N1CCOCC1)N1CCOCC1. The van der Waals surface area contributed by atoms with Gasteiger partial charge in [-0.2, -0.15) is 0 Å². The van der Waals surface area contributed by atoms with Crippen molar-refractivity contribution in [3.63, 3.8) is 0 Å². The fraction of sp³-hybridized carbons (Fsp3) is 0.800. The quantitative estimate of drug-likeness (QED) is 0.367. The smallest absolute Gasteiger partial charge is 0.196 e. The Morgan fingerprint density at radius 1 is 1.00 bits per heavy atom. The molecule has 5 nitrogen and oxygen atoms in total. The van der Waals surface area contributed by atoms with Crippen LogP contribution in [0.2, 0.25) is 0 Å². The summed E-state index contributed by atoms with van der Waals surface area (Å²) in [5.41, 5.74) is 0. The molecule has 2 heterocycles. The predicted molar refractivity (Wildman–Crippen MR) is 65.9 cm³/mol. The summed E-state index contributed by atoms with van der Waals surface area (Å²) in [4.78, 5) is 8.53. The van der Waals surface area contributed by atoms with E-state index in [4.69, 9.17) is 21.7 Å². The van der Waals surface area contributed by atoms with E-state index in [0.717, 1.165) is 52.6 Å². The normalized spacial score (nSPS) is 22.8. The van der Waals surface area contributed by atoms with Crippen molar-refractivity contribution in [2.75, 3.05) is 52.6 Å². The van der Waals surface area contributed by atoms with Gasteiger partial charge in [0.1, 0.15) is 0 Å². The van der Waals surface area contributed by atoms with Gasteiger partial charge in [0.25, 0.3) is 0 Å². The van der Waals surface area contributed by atoms with Gasteiger partial charge in [0.15, 0.2) is 5.11 Å². The van der Waals surface area contributed by atoms with E-state index in [0.29, 0.717) is 5.11 Å². The highest BCUT2D eigenvalue weighted by atomic mass is 32.1. The topological polar surface area (TPSA) is 37.3 Å². The molecule has 0 unspecified atom stereocenters. The molecule has 0 radical (unpaired) electrons. The third kappa shape index (κ3) is 3.40. The zero-order chi connectivity index (χ0) is 11.2. The maximum absolute atomic E-state index is 5.26. The molecule has 0 amide bonds. The van der Waals surface area contributed by atoms with Crippen molar-refractivity contribution in [1.29, 1.82) is 0 Å². The van der Waals surface area contributed by atoms with Crippen molar-refractivity contribution in [1.82, 2.24) is 9.80 Å². The Hall–Kier alpha value is -0.720. The zero-order valence-electron chi connectivity index (χ0n) is 9.30. The maximum atomic E-state index is 5.26. The minimum Gasteiger partial charge on any atom is -0.378 e. The first-order chi connectivity index (χ1) is 7.86. The highest BCUT2D eigenvalue weighted by Gasteiger charge is 2.13. The minimum absolute atomic E-state index is 0.662. The van der Waals surface area contributed by atoms with Crippen LogP contribution < -0.4 is 0 Å². The molecular formula is C10H17N3O2S. The Labute approximate surface area is 101 Å². The van der Waals surface area contributed by atoms with E-state index in [1.807, 2.05) is 6.34 Å². The van der Waals surface area contributed by atoms with Crippen molar-refractivity contribution in [2.24, 2.45) is 4.99 Å². The monoisotopic (exact) mass is 243 g/mol. The Morgan fingerprint density at radius 2 is 1.56 bits per heavy atom. The molecule has 0 N–H and O–H groups in total. The van der Waals surface area contributed by atoms with Crippen LogP contribution in [0.25, 0.3) is 0 Å². The van der Waals surface area contributed by atoms with Crippen LogP contribution in [0.1, 0.15) is 0 Å². The van der Waals surface area contributed by atoms with E-state index in [1.54, 1.807) is 0 Å². The molecule has 90 valence electrons. The average Bonchev–Trinajstić information content (AvgIpc) is 2.38. The Balaban J connectivity index is 1.78. The van der Waals surface area contributed by atoms with Crippen molar-refractivity contribution in [3.05, 3.63) is 0 Å². The highest BCUT2D eigenvalue weighted by molar-refractivity contribution is 7.80. The summed E-state index contributed by atoms with van der Waals surface area (Å²) < 4.78 is 10.5. The van der Waals surface area contributed by atoms with Crippen LogP contribution in [0.4, 0.5) is 0 Å². The molecule has 0 aromatic carbocycles. The third-order valence-corrected chi connectivity index (χ3v) is 3.02. The van der Waals surface area contributed by atoms with Crippen molar-refractivity contribution in [3.8, 4) is 0 Å². The summed E-state index contributed by atoms with van der Waals surface area (Å²) in [6.07, 6.45) is 1.83. The lowest BCUT2D eigenvalue weighted by atomic mass is 10.4. The van der Waals surface area contributed by atoms with E-state index in [-0.39, 0.29) is 0 Å². The molecule has 0 spiro atoms. The molecule has 0 aromatic rings. The summed E-state index contributed by atoms with van der Waals surface area (Å²) in [6, 6.07) is 0. The van der Waals surface area contributed by atoms with E-state index in [2.05, 4.69) is 14.8 Å². The second-order valence-electron chi connectivity index (χ2n) is 3.77. The van der Waals surface area contributed by atoms with Crippen molar-refractivity contribution < 1.29 is 9.47 Å². The van der Waals surface area contributed by atoms with Crippen molar-refractivity contribution in [2.45, 2.75) is 0 Å². The van der Waals surface area contributed by atoms with Crippen LogP contribution in [0.3, 0.4) is 0 Å². The third-order valence-electron chi connectivity index (χ3n) is 2.66. The van der Waals surface area contributed by atoms with Crippen LogP contribution >= 0.6 is 12.2 Å². The summed E-state index contributed by atoms with van der Waals surface area (Å²) in [6.45, 7) is 6.52. The molecule has 2 rings (SSSR count). The van der Waals surface area contributed by atoms with E-state index < -0.39 is 0 Å². The molecule has 16 heavy (non-hydrogen) atoms. The van der Waals surface area contributed by atoms with Gasteiger partial charge in [0, 0.05) is 26.2 Å². The molecule has 0 saturated carbocycles. The number of nitrogens with zero attached hydrogens (tertiary/aromatic N) is 3. The fourth-order valence-corrected chi connectivity index (χ4v) is 1.89. The van der Waals surface area contributed by atoms with Crippen LogP contribution in [0, 0.1) is 0 Å². The standard InChI is InChI=1S/C10H17N3O2S/c16-10(13-3-7-15-8-4-13)11-9-12-1-5-14-6-2-12/h9H,1-8H2/b11-9+.